The maximum atomic E-state index is 5.64. The fraction of sp³-hybridized carbons (Fsp3) is 0.214. The summed E-state index contributed by atoms with van der Waals surface area (Å²) in [6, 6.07) is 8.22. The third kappa shape index (κ3) is 1.91. The van der Waals surface area contributed by atoms with E-state index in [-0.39, 0.29) is 0 Å². The average molecular weight is 212 g/mol. The largest absolute Gasteiger partial charge is 0.397 e. The minimum Gasteiger partial charge on any atom is -0.397 e. The number of benzene rings is 1. The summed E-state index contributed by atoms with van der Waals surface area (Å²) in [5.41, 5.74) is 12.4. The van der Waals surface area contributed by atoms with Crippen LogP contribution in [0.25, 0.3) is 11.3 Å². The van der Waals surface area contributed by atoms with Gasteiger partial charge in [0.1, 0.15) is 0 Å². The second-order valence-corrected chi connectivity index (χ2v) is 4.25. The highest BCUT2D eigenvalue weighted by molar-refractivity contribution is 5.68. The van der Waals surface area contributed by atoms with Crippen molar-refractivity contribution >= 4 is 5.69 Å². The number of anilines is 1. The van der Waals surface area contributed by atoms with E-state index >= 15 is 0 Å². The van der Waals surface area contributed by atoms with E-state index in [1.807, 2.05) is 12.1 Å². The highest BCUT2D eigenvalue weighted by atomic mass is 14.7. The maximum Gasteiger partial charge on any atom is 0.0708 e. The molecule has 0 saturated carbocycles. The molecule has 0 aliphatic carbocycles. The van der Waals surface area contributed by atoms with Gasteiger partial charge in [0.2, 0.25) is 0 Å². The van der Waals surface area contributed by atoms with Crippen molar-refractivity contribution in [2.24, 2.45) is 0 Å². The second kappa shape index (κ2) is 3.97. The molecule has 2 rings (SSSR count). The first-order chi connectivity index (χ1) is 7.58. The first-order valence-corrected chi connectivity index (χ1v) is 5.37. The number of nitrogens with two attached hydrogens (primary N) is 1. The Hall–Kier alpha value is -1.83. The molecule has 82 valence electrons. The number of nitrogens with zero attached hydrogens (tertiary/aromatic N) is 1. The van der Waals surface area contributed by atoms with Gasteiger partial charge in [-0.25, -0.2) is 0 Å². The van der Waals surface area contributed by atoms with Crippen molar-refractivity contribution in [2.75, 3.05) is 5.73 Å². The van der Waals surface area contributed by atoms with Gasteiger partial charge in [-0.1, -0.05) is 17.7 Å². The average Bonchev–Trinajstić information content (AvgIpc) is 2.19. The van der Waals surface area contributed by atoms with Crippen LogP contribution < -0.4 is 5.73 Å². The van der Waals surface area contributed by atoms with E-state index in [0.29, 0.717) is 5.69 Å². The van der Waals surface area contributed by atoms with E-state index in [4.69, 9.17) is 5.73 Å². The van der Waals surface area contributed by atoms with Gasteiger partial charge >= 0.3 is 0 Å². The van der Waals surface area contributed by atoms with Crippen molar-refractivity contribution in [3.8, 4) is 11.3 Å². The summed E-state index contributed by atoms with van der Waals surface area (Å²) in [4.78, 5) is 4.37. The Labute approximate surface area is 96.1 Å². The van der Waals surface area contributed by atoms with Crippen LogP contribution in [0.5, 0.6) is 0 Å². The van der Waals surface area contributed by atoms with Crippen molar-refractivity contribution in [2.45, 2.75) is 20.8 Å². The predicted molar refractivity (Wildman–Crippen MR) is 68.3 cm³/mol. The highest BCUT2D eigenvalue weighted by Crippen LogP contribution is 2.26. The van der Waals surface area contributed by atoms with Crippen molar-refractivity contribution in [1.29, 1.82) is 0 Å². The van der Waals surface area contributed by atoms with Gasteiger partial charge in [0.15, 0.2) is 0 Å². The van der Waals surface area contributed by atoms with Crippen LogP contribution in [0.1, 0.15) is 16.7 Å². The third-order valence-electron chi connectivity index (χ3n) is 2.72. The first-order valence-electron chi connectivity index (χ1n) is 5.37. The topological polar surface area (TPSA) is 38.9 Å². The summed E-state index contributed by atoms with van der Waals surface area (Å²) >= 11 is 0. The molecule has 0 radical (unpaired) electrons. The zero-order valence-corrected chi connectivity index (χ0v) is 9.91. The van der Waals surface area contributed by atoms with Gasteiger partial charge in [0.05, 0.1) is 17.6 Å². The Balaban J connectivity index is 2.60. The van der Waals surface area contributed by atoms with Crippen LogP contribution in [0.2, 0.25) is 0 Å². The molecule has 0 atom stereocenters. The number of aromatic nitrogens is 1. The van der Waals surface area contributed by atoms with Crippen molar-refractivity contribution < 1.29 is 0 Å². The zero-order chi connectivity index (χ0) is 11.7. The minimum absolute atomic E-state index is 0.700. The SMILES string of the molecule is Cc1cc(C)c(-c2ccc(N)cn2)c(C)c1. The van der Waals surface area contributed by atoms with Gasteiger partial charge in [-0.3, -0.25) is 4.98 Å². The normalized spacial score (nSPS) is 10.4. The molecule has 0 saturated heterocycles. The molecule has 0 aliphatic heterocycles. The van der Waals surface area contributed by atoms with Crippen LogP contribution in [0.3, 0.4) is 0 Å². The van der Waals surface area contributed by atoms with Gasteiger partial charge in [-0.05, 0) is 44.0 Å². The van der Waals surface area contributed by atoms with E-state index in [1.165, 1.54) is 22.3 Å². The summed E-state index contributed by atoms with van der Waals surface area (Å²) in [6.07, 6.45) is 1.70. The van der Waals surface area contributed by atoms with Gasteiger partial charge in [-0.15, -0.1) is 0 Å². The lowest BCUT2D eigenvalue weighted by Crippen LogP contribution is -1.93. The van der Waals surface area contributed by atoms with Crippen molar-refractivity contribution in [3.63, 3.8) is 0 Å². The zero-order valence-electron chi connectivity index (χ0n) is 9.91. The van der Waals surface area contributed by atoms with E-state index in [1.54, 1.807) is 6.20 Å². The fourth-order valence-electron chi connectivity index (χ4n) is 2.14. The summed E-state index contributed by atoms with van der Waals surface area (Å²) in [5, 5.41) is 0. The number of pyridine rings is 1. The molecular formula is C14H16N2. The maximum absolute atomic E-state index is 5.64. The van der Waals surface area contributed by atoms with Gasteiger partial charge in [0, 0.05) is 5.56 Å². The van der Waals surface area contributed by atoms with Crippen LogP contribution in [0.4, 0.5) is 5.69 Å². The van der Waals surface area contributed by atoms with Crippen LogP contribution in [0.15, 0.2) is 30.5 Å². The number of aryl methyl sites for hydroxylation is 3. The molecule has 0 spiro atoms. The molecule has 2 N–H and O–H groups in total. The Morgan fingerprint density at radius 2 is 1.62 bits per heavy atom. The molecule has 0 fully saturated rings. The first kappa shape index (κ1) is 10.7. The summed E-state index contributed by atoms with van der Waals surface area (Å²) in [7, 11) is 0. The number of hydrogen-bond donors (Lipinski definition) is 1. The molecule has 0 bridgehead atoms. The van der Waals surface area contributed by atoms with E-state index in [9.17, 15) is 0 Å². The lowest BCUT2D eigenvalue weighted by atomic mass is 9.97. The minimum atomic E-state index is 0.700. The lowest BCUT2D eigenvalue weighted by Gasteiger charge is -2.10. The van der Waals surface area contributed by atoms with Gasteiger partial charge < -0.3 is 5.73 Å². The Morgan fingerprint density at radius 3 is 2.12 bits per heavy atom. The molecule has 16 heavy (non-hydrogen) atoms. The molecule has 1 heterocycles. The van der Waals surface area contributed by atoms with Gasteiger partial charge in [-0.2, -0.15) is 0 Å². The van der Waals surface area contributed by atoms with Crippen LogP contribution in [-0.2, 0) is 0 Å². The van der Waals surface area contributed by atoms with Crippen LogP contribution in [0, 0.1) is 20.8 Å². The Kier molecular flexibility index (Phi) is 2.65. The van der Waals surface area contributed by atoms with E-state index in [2.05, 4.69) is 37.9 Å². The van der Waals surface area contributed by atoms with Crippen LogP contribution in [-0.4, -0.2) is 4.98 Å². The molecule has 1 aromatic heterocycles. The lowest BCUT2D eigenvalue weighted by molar-refractivity contribution is 1.26. The van der Waals surface area contributed by atoms with E-state index in [0.717, 1.165) is 5.69 Å². The quantitative estimate of drug-likeness (QED) is 0.788. The molecule has 2 aromatic rings. The highest BCUT2D eigenvalue weighted by Gasteiger charge is 2.07. The van der Waals surface area contributed by atoms with E-state index < -0.39 is 0 Å². The molecule has 0 amide bonds. The molecule has 1 aromatic carbocycles. The van der Waals surface area contributed by atoms with Crippen molar-refractivity contribution in [1.82, 2.24) is 4.98 Å². The second-order valence-electron chi connectivity index (χ2n) is 4.25. The Morgan fingerprint density at radius 1 is 1.00 bits per heavy atom. The summed E-state index contributed by atoms with van der Waals surface area (Å²) < 4.78 is 0. The number of rotatable bonds is 1. The van der Waals surface area contributed by atoms with Crippen LogP contribution >= 0.6 is 0 Å². The third-order valence-corrected chi connectivity index (χ3v) is 2.72. The molecule has 2 heteroatoms. The predicted octanol–water partition coefficient (Wildman–Crippen LogP) is 3.26. The molecule has 2 nitrogen and oxygen atoms in total. The smallest absolute Gasteiger partial charge is 0.0708 e. The standard InChI is InChI=1S/C14H16N2/c1-9-6-10(2)14(11(3)7-9)13-5-4-12(15)8-16-13/h4-8H,15H2,1-3H3. The number of hydrogen-bond acceptors (Lipinski definition) is 2. The van der Waals surface area contributed by atoms with Crippen molar-refractivity contribution in [3.05, 3.63) is 47.2 Å². The fourth-order valence-corrected chi connectivity index (χ4v) is 2.14. The van der Waals surface area contributed by atoms with Gasteiger partial charge in [0.25, 0.3) is 0 Å². The molecular weight excluding hydrogens is 196 g/mol. The summed E-state index contributed by atoms with van der Waals surface area (Å²) in [6.45, 7) is 6.35. The monoisotopic (exact) mass is 212 g/mol. The summed E-state index contributed by atoms with van der Waals surface area (Å²) in [5.74, 6) is 0. The number of nitrogen functional groups attached to an aromatic ring is 1. The Bertz CT molecular complexity index is 490. The molecule has 0 aliphatic rings. The molecule has 0 unspecified atom stereocenters.